The second-order valence-electron chi connectivity index (χ2n) is 5.74. The lowest BCUT2D eigenvalue weighted by Gasteiger charge is -2.11. The molecular formula is C23H33ClFN5O5S3. The number of hydrogen-bond donors (Lipinski definition) is 5. The molecule has 0 aliphatic rings. The zero-order valence-corrected chi connectivity index (χ0v) is 23.5. The third-order valence-corrected chi connectivity index (χ3v) is 4.51. The number of benzene rings is 2. The maximum atomic E-state index is 13.3. The van der Waals surface area contributed by atoms with Crippen LogP contribution in [0.5, 0.6) is 0 Å². The van der Waals surface area contributed by atoms with Gasteiger partial charge in [-0.3, -0.25) is 9.59 Å². The average Bonchev–Trinajstić information content (AvgIpc) is 3.26. The third kappa shape index (κ3) is 16.6. The highest BCUT2D eigenvalue weighted by atomic mass is 35.5. The predicted molar refractivity (Wildman–Crippen MR) is 159 cm³/mol. The Labute approximate surface area is 238 Å². The van der Waals surface area contributed by atoms with E-state index in [1.807, 2.05) is 13.8 Å². The summed E-state index contributed by atoms with van der Waals surface area (Å²) in [6.07, 6.45) is 6.10. The summed E-state index contributed by atoms with van der Waals surface area (Å²) in [4.78, 5) is 18.1. The number of terminal acetylenes is 1. The van der Waals surface area contributed by atoms with E-state index in [-0.39, 0.29) is 22.8 Å². The number of rotatable bonds is 3. The predicted octanol–water partition coefficient (Wildman–Crippen LogP) is 4.45. The van der Waals surface area contributed by atoms with Gasteiger partial charge in [0.1, 0.15) is 10.7 Å². The SMILES string of the molecule is C.C#CC.CC.NC(=O)S.NC(=O)S.NS(=O)(=O)c1ccccc1-n1nccc1-c1ccc(F)c(Cl)c1.O. The number of nitrogens with two attached hydrogens (primary N) is 3. The molecule has 0 aliphatic heterocycles. The van der Waals surface area contributed by atoms with E-state index < -0.39 is 26.3 Å². The fourth-order valence-electron chi connectivity index (χ4n) is 2.24. The summed E-state index contributed by atoms with van der Waals surface area (Å²) in [5.41, 5.74) is 10.1. The van der Waals surface area contributed by atoms with Crippen LogP contribution in [0, 0.1) is 18.2 Å². The average molecular weight is 610 g/mol. The second-order valence-corrected chi connectivity index (χ2v) is 8.55. The lowest BCUT2D eigenvalue weighted by molar-refractivity contribution is 0.266. The lowest BCUT2D eigenvalue weighted by atomic mass is 10.1. The van der Waals surface area contributed by atoms with Crippen molar-refractivity contribution in [3.63, 3.8) is 0 Å². The Balaban J connectivity index is -0.000000328. The Morgan fingerprint density at radius 1 is 1.08 bits per heavy atom. The molecule has 1 heterocycles. The van der Waals surface area contributed by atoms with E-state index in [1.165, 1.54) is 35.1 Å². The van der Waals surface area contributed by atoms with Crippen molar-refractivity contribution in [3.8, 4) is 29.3 Å². The van der Waals surface area contributed by atoms with Gasteiger partial charge >= 0.3 is 0 Å². The molecule has 0 radical (unpaired) electrons. The highest BCUT2D eigenvalue weighted by molar-refractivity contribution is 7.96. The van der Waals surface area contributed by atoms with Gasteiger partial charge in [-0.25, -0.2) is 22.6 Å². The van der Waals surface area contributed by atoms with Gasteiger partial charge < -0.3 is 16.9 Å². The first-order valence-corrected chi connectivity index (χ1v) is 12.5. The largest absolute Gasteiger partial charge is 0.412 e. The molecular weight excluding hydrogens is 577 g/mol. The van der Waals surface area contributed by atoms with Crippen LogP contribution in [0.3, 0.4) is 0 Å². The highest BCUT2D eigenvalue weighted by Crippen LogP contribution is 2.28. The van der Waals surface area contributed by atoms with Crippen LogP contribution in [0.25, 0.3) is 16.9 Å². The van der Waals surface area contributed by atoms with E-state index in [0.717, 1.165) is 0 Å². The molecule has 0 fully saturated rings. The molecule has 0 unspecified atom stereocenters. The number of carbonyl (C=O) groups excluding carboxylic acids is 2. The number of thiol groups is 2. The fraction of sp³-hybridized carbons (Fsp3) is 0.174. The van der Waals surface area contributed by atoms with Gasteiger partial charge in [-0.1, -0.05) is 70.3 Å². The molecule has 212 valence electrons. The smallest absolute Gasteiger partial charge is 0.273 e. The monoisotopic (exact) mass is 609 g/mol. The maximum absolute atomic E-state index is 13.3. The van der Waals surface area contributed by atoms with E-state index in [0.29, 0.717) is 16.9 Å². The zero-order valence-electron chi connectivity index (χ0n) is 20.1. The number of carbonyl (C=O) groups is 2. The summed E-state index contributed by atoms with van der Waals surface area (Å²) in [6.45, 7) is 5.65. The Bertz CT molecular complexity index is 1260. The van der Waals surface area contributed by atoms with Crippen molar-refractivity contribution in [2.45, 2.75) is 33.1 Å². The molecule has 3 aromatic rings. The number of amides is 2. The molecule has 3 rings (SSSR count). The number of halogens is 2. The van der Waals surface area contributed by atoms with Crippen molar-refractivity contribution in [3.05, 3.63) is 65.6 Å². The van der Waals surface area contributed by atoms with Gasteiger partial charge in [-0.05, 0) is 43.3 Å². The molecule has 15 heteroatoms. The van der Waals surface area contributed by atoms with E-state index in [1.54, 1.807) is 31.2 Å². The first-order valence-electron chi connectivity index (χ1n) is 9.72. The molecule has 0 bridgehead atoms. The Kier molecular flexibility index (Phi) is 24.3. The van der Waals surface area contributed by atoms with E-state index in [9.17, 15) is 12.8 Å². The molecule has 1 aromatic heterocycles. The summed E-state index contributed by atoms with van der Waals surface area (Å²) >= 11 is 12.0. The summed E-state index contributed by atoms with van der Waals surface area (Å²) in [6, 6.07) is 12.1. The zero-order chi connectivity index (χ0) is 28.5. The minimum absolute atomic E-state index is 0. The molecule has 2 amide bonds. The number of sulfonamides is 1. The first kappa shape index (κ1) is 42.0. The minimum atomic E-state index is -3.92. The summed E-state index contributed by atoms with van der Waals surface area (Å²) in [5, 5.41) is 8.10. The van der Waals surface area contributed by atoms with Gasteiger partial charge in [-0.15, -0.1) is 12.3 Å². The normalized spacial score (nSPS) is 8.71. The second kappa shape index (κ2) is 22.0. The van der Waals surface area contributed by atoms with Gasteiger partial charge in [0.25, 0.3) is 10.5 Å². The van der Waals surface area contributed by atoms with Crippen molar-refractivity contribution in [2.75, 3.05) is 0 Å². The van der Waals surface area contributed by atoms with Gasteiger partial charge in [0.15, 0.2) is 0 Å². The van der Waals surface area contributed by atoms with Gasteiger partial charge in [0.2, 0.25) is 10.0 Å². The highest BCUT2D eigenvalue weighted by Gasteiger charge is 2.18. The Morgan fingerprint density at radius 3 is 1.95 bits per heavy atom. The van der Waals surface area contributed by atoms with Crippen LogP contribution in [0.4, 0.5) is 14.0 Å². The van der Waals surface area contributed by atoms with Crippen LogP contribution >= 0.6 is 36.9 Å². The van der Waals surface area contributed by atoms with Crippen LogP contribution in [0.1, 0.15) is 28.2 Å². The molecule has 8 N–H and O–H groups in total. The molecule has 10 nitrogen and oxygen atoms in total. The van der Waals surface area contributed by atoms with Crippen LogP contribution in [-0.4, -0.2) is 34.2 Å². The van der Waals surface area contributed by atoms with Gasteiger partial charge in [0.05, 0.1) is 22.6 Å². The third-order valence-electron chi connectivity index (χ3n) is 3.26. The molecule has 2 aromatic carbocycles. The van der Waals surface area contributed by atoms with Crippen molar-refractivity contribution in [2.24, 2.45) is 16.6 Å². The molecule has 0 aliphatic carbocycles. The summed E-state index contributed by atoms with van der Waals surface area (Å²) < 4.78 is 38.3. The number of nitrogens with zero attached hydrogens (tertiary/aromatic N) is 2. The molecule has 38 heavy (non-hydrogen) atoms. The van der Waals surface area contributed by atoms with E-state index >= 15 is 0 Å². The van der Waals surface area contributed by atoms with Crippen molar-refractivity contribution in [1.82, 2.24) is 9.78 Å². The quantitative estimate of drug-likeness (QED) is 0.216. The first-order chi connectivity index (χ1) is 16.8. The summed E-state index contributed by atoms with van der Waals surface area (Å²) in [5.74, 6) is 1.71. The number of hydrogen-bond acceptors (Lipinski definition) is 5. The molecule has 0 saturated heterocycles. The number of aromatic nitrogens is 2. The fourth-order valence-corrected chi connectivity index (χ4v) is 3.14. The maximum Gasteiger partial charge on any atom is 0.273 e. The van der Waals surface area contributed by atoms with Crippen LogP contribution in [0.2, 0.25) is 5.02 Å². The number of primary amides is 2. The van der Waals surface area contributed by atoms with Crippen molar-refractivity contribution >= 4 is 57.4 Å². The van der Waals surface area contributed by atoms with Crippen LogP contribution < -0.4 is 16.6 Å². The van der Waals surface area contributed by atoms with Crippen LogP contribution in [0.15, 0.2) is 59.6 Å². The topological polar surface area (TPSA) is 196 Å². The number of primary sulfonamides is 1. The van der Waals surface area contributed by atoms with E-state index in [4.69, 9.17) is 26.3 Å². The minimum Gasteiger partial charge on any atom is -0.412 e. The lowest BCUT2D eigenvalue weighted by Crippen LogP contribution is -2.16. The van der Waals surface area contributed by atoms with Gasteiger partial charge in [-0.2, -0.15) is 5.10 Å². The number of para-hydroxylation sites is 1. The van der Waals surface area contributed by atoms with Crippen molar-refractivity contribution < 1.29 is 27.9 Å². The summed E-state index contributed by atoms with van der Waals surface area (Å²) in [7, 11) is -3.92. The Hall–Kier alpha value is -3.06. The van der Waals surface area contributed by atoms with Crippen molar-refractivity contribution in [1.29, 1.82) is 0 Å². The standard InChI is InChI=1S/C15H11ClFN3O2S.C3H4.C2H6.2CH3NOS.CH4.H2O/c16-11-9-10(5-6-12(11)17)13-7-8-19-20(13)14-3-1-2-4-15(14)23(18,21)22;1-3-2;1-2;2*2-1(3)4;;/h1-9H,(H2,18,21,22);1H,2H3;1-2H3;2*(H3,2,3,4);1H4;1H2. The molecule has 0 saturated carbocycles. The Morgan fingerprint density at radius 2 is 1.53 bits per heavy atom. The van der Waals surface area contributed by atoms with E-state index in [2.05, 4.69) is 54.2 Å². The van der Waals surface area contributed by atoms with Crippen LogP contribution in [-0.2, 0) is 10.0 Å². The van der Waals surface area contributed by atoms with Gasteiger partial charge in [0, 0.05) is 5.56 Å². The molecule has 0 spiro atoms. The molecule has 0 atom stereocenters.